The molecule has 1 aromatic rings. The third-order valence-electron chi connectivity index (χ3n) is 8.33. The third-order valence-corrected chi connectivity index (χ3v) is 8.33. The van der Waals surface area contributed by atoms with Crippen LogP contribution >= 0.6 is 0 Å². The van der Waals surface area contributed by atoms with Crippen LogP contribution < -0.4 is 5.73 Å². The molecule has 0 atom stereocenters. The van der Waals surface area contributed by atoms with Crippen molar-refractivity contribution >= 4 is 17.8 Å². The zero-order valence-electron chi connectivity index (χ0n) is 19.5. The third kappa shape index (κ3) is 4.67. The molecular weight excluding hydrogens is 418 g/mol. The van der Waals surface area contributed by atoms with Gasteiger partial charge in [0.1, 0.15) is 0 Å². The summed E-state index contributed by atoms with van der Waals surface area (Å²) in [6.07, 6.45) is 14.2. The smallest absolute Gasteiger partial charge is 0.336 e. The predicted molar refractivity (Wildman–Crippen MR) is 126 cm³/mol. The lowest BCUT2D eigenvalue weighted by Crippen LogP contribution is -2.30. The molecule has 4 N–H and O–H groups in total. The van der Waals surface area contributed by atoms with Crippen LogP contribution in [-0.4, -0.2) is 28.1 Å². The maximum Gasteiger partial charge on any atom is 0.336 e. The first-order chi connectivity index (χ1) is 15.9. The minimum absolute atomic E-state index is 0.00483. The number of benzene rings is 1. The average Bonchev–Trinajstić information content (AvgIpc) is 2.83. The highest BCUT2D eigenvalue weighted by molar-refractivity contribution is 6.09. The Kier molecular flexibility index (Phi) is 7.40. The van der Waals surface area contributed by atoms with Crippen LogP contribution in [0.25, 0.3) is 0 Å². The first-order valence-corrected chi connectivity index (χ1v) is 12.9. The summed E-state index contributed by atoms with van der Waals surface area (Å²) in [4.78, 5) is 38.5. The summed E-state index contributed by atoms with van der Waals surface area (Å²) in [6.45, 7) is 0. The summed E-state index contributed by atoms with van der Waals surface area (Å²) < 4.78 is 0. The van der Waals surface area contributed by atoms with Crippen molar-refractivity contribution in [1.29, 1.82) is 0 Å². The first-order valence-electron chi connectivity index (χ1n) is 12.9. The number of carboxylic acids is 2. The molecule has 3 aliphatic rings. The quantitative estimate of drug-likeness (QED) is 0.463. The molecule has 0 radical (unpaired) electrons. The molecule has 0 aromatic heterocycles. The molecule has 4 rings (SSSR count). The molecule has 3 fully saturated rings. The largest absolute Gasteiger partial charge is 0.478 e. The molecule has 6 nitrogen and oxygen atoms in total. The highest BCUT2D eigenvalue weighted by Crippen LogP contribution is 2.49. The van der Waals surface area contributed by atoms with Crippen molar-refractivity contribution in [2.75, 3.05) is 0 Å². The normalized spacial score (nSPS) is 21.1. The lowest BCUT2D eigenvalue weighted by atomic mass is 9.68. The minimum atomic E-state index is -1.22. The highest BCUT2D eigenvalue weighted by Gasteiger charge is 2.40. The number of hydrogen-bond donors (Lipinski definition) is 3. The summed E-state index contributed by atoms with van der Waals surface area (Å²) in [7, 11) is 0. The van der Waals surface area contributed by atoms with Crippen molar-refractivity contribution in [3.05, 3.63) is 33.4 Å². The number of carbonyl (C=O) groups is 3. The van der Waals surface area contributed by atoms with Crippen LogP contribution in [0.3, 0.4) is 0 Å². The summed E-state index contributed by atoms with van der Waals surface area (Å²) in [5.41, 5.74) is 7.92. The van der Waals surface area contributed by atoms with E-state index in [2.05, 4.69) is 0 Å². The molecule has 3 saturated carbocycles. The molecule has 0 heterocycles. The fourth-order valence-corrected chi connectivity index (χ4v) is 6.95. The number of nitrogens with two attached hydrogens (primary N) is 1. The molecule has 0 unspecified atom stereocenters. The van der Waals surface area contributed by atoms with Crippen LogP contribution in [0, 0.1) is 0 Å². The van der Waals surface area contributed by atoms with Gasteiger partial charge < -0.3 is 15.9 Å². The molecule has 3 aliphatic carbocycles. The van der Waals surface area contributed by atoms with Crippen LogP contribution in [-0.2, 0) is 0 Å². The fraction of sp³-hybridized carbons (Fsp3) is 0.667. The Labute approximate surface area is 195 Å². The SMILES string of the molecule is NC(=O)c1c(C(=O)O)c(C2CCCCC2)c(C(=O)O)c(C2CCCCC2)c1C1CCCCC1. The highest BCUT2D eigenvalue weighted by atomic mass is 16.4. The number of aromatic carboxylic acids is 2. The molecule has 1 amide bonds. The van der Waals surface area contributed by atoms with Crippen LogP contribution in [0.2, 0.25) is 0 Å². The van der Waals surface area contributed by atoms with E-state index in [9.17, 15) is 24.6 Å². The van der Waals surface area contributed by atoms with E-state index in [-0.39, 0.29) is 34.4 Å². The molecular formula is C27H37NO5. The summed E-state index contributed by atoms with van der Waals surface area (Å²) >= 11 is 0. The molecule has 1 aromatic carbocycles. The van der Waals surface area contributed by atoms with E-state index in [4.69, 9.17) is 5.73 Å². The van der Waals surface area contributed by atoms with Crippen molar-refractivity contribution in [3.8, 4) is 0 Å². The summed E-state index contributed by atoms with van der Waals surface area (Å²) in [5.74, 6) is -3.11. The van der Waals surface area contributed by atoms with Gasteiger partial charge in [0.2, 0.25) is 5.91 Å². The molecule has 6 heteroatoms. The maximum atomic E-state index is 13.0. The number of carbonyl (C=O) groups excluding carboxylic acids is 1. The Morgan fingerprint density at radius 2 is 0.848 bits per heavy atom. The van der Waals surface area contributed by atoms with Gasteiger partial charge in [0.25, 0.3) is 0 Å². The van der Waals surface area contributed by atoms with E-state index in [0.29, 0.717) is 11.1 Å². The number of primary amides is 1. The molecule has 180 valence electrons. The number of hydrogen-bond acceptors (Lipinski definition) is 3. The van der Waals surface area contributed by atoms with Gasteiger partial charge in [0.15, 0.2) is 0 Å². The Bertz CT molecular complexity index is 919. The van der Waals surface area contributed by atoms with Crippen molar-refractivity contribution in [3.63, 3.8) is 0 Å². The van der Waals surface area contributed by atoms with Crippen molar-refractivity contribution < 1.29 is 24.6 Å². The van der Waals surface area contributed by atoms with Gasteiger partial charge in [-0.2, -0.15) is 0 Å². The average molecular weight is 456 g/mol. The van der Waals surface area contributed by atoms with E-state index in [1.54, 1.807) is 0 Å². The Morgan fingerprint density at radius 3 is 1.18 bits per heavy atom. The predicted octanol–water partition coefficient (Wildman–Crippen LogP) is 6.33. The number of carboxylic acid groups (broad SMARTS) is 2. The topological polar surface area (TPSA) is 118 Å². The van der Waals surface area contributed by atoms with Gasteiger partial charge in [-0.15, -0.1) is 0 Å². The number of rotatable bonds is 6. The van der Waals surface area contributed by atoms with Crippen LogP contribution in [0.5, 0.6) is 0 Å². The van der Waals surface area contributed by atoms with Gasteiger partial charge in [0, 0.05) is 0 Å². The van der Waals surface area contributed by atoms with Crippen molar-refractivity contribution in [1.82, 2.24) is 0 Å². The van der Waals surface area contributed by atoms with E-state index in [1.165, 1.54) is 0 Å². The van der Waals surface area contributed by atoms with Crippen LogP contribution in [0.15, 0.2) is 0 Å². The van der Waals surface area contributed by atoms with E-state index >= 15 is 0 Å². The van der Waals surface area contributed by atoms with E-state index in [0.717, 1.165) is 102 Å². The summed E-state index contributed by atoms with van der Waals surface area (Å²) in [5, 5.41) is 20.9. The zero-order valence-corrected chi connectivity index (χ0v) is 19.5. The lowest BCUT2D eigenvalue weighted by molar-refractivity contribution is 0.0686. The van der Waals surface area contributed by atoms with E-state index < -0.39 is 17.8 Å². The van der Waals surface area contributed by atoms with Gasteiger partial charge in [-0.3, -0.25) is 4.79 Å². The maximum absolute atomic E-state index is 13.0. The monoisotopic (exact) mass is 455 g/mol. The van der Waals surface area contributed by atoms with Gasteiger partial charge in [-0.05, 0) is 73.0 Å². The molecule has 0 saturated heterocycles. The van der Waals surface area contributed by atoms with Gasteiger partial charge >= 0.3 is 11.9 Å². The molecule has 0 aliphatic heterocycles. The fourth-order valence-electron chi connectivity index (χ4n) is 6.95. The van der Waals surface area contributed by atoms with Crippen molar-refractivity contribution in [2.24, 2.45) is 5.73 Å². The van der Waals surface area contributed by atoms with Gasteiger partial charge in [0.05, 0.1) is 16.7 Å². The standard InChI is InChI=1S/C27H37NO5/c28-25(29)22-19(16-10-4-1-5-11-16)20(17-12-6-2-7-13-17)23(26(30)31)21(24(22)27(32)33)18-14-8-3-9-15-18/h16-18H,1-15H2,(H2,28,29)(H,30,31)(H,32,33). The van der Waals surface area contributed by atoms with E-state index in [1.807, 2.05) is 0 Å². The lowest BCUT2D eigenvalue weighted by Gasteiger charge is -2.36. The van der Waals surface area contributed by atoms with Gasteiger partial charge in [-0.1, -0.05) is 57.8 Å². The second-order valence-corrected chi connectivity index (χ2v) is 10.3. The number of amides is 1. The molecule has 0 bridgehead atoms. The molecule has 33 heavy (non-hydrogen) atoms. The van der Waals surface area contributed by atoms with Gasteiger partial charge in [-0.25, -0.2) is 9.59 Å². The second-order valence-electron chi connectivity index (χ2n) is 10.3. The molecule has 0 spiro atoms. The Hall–Kier alpha value is -2.37. The first kappa shape index (κ1) is 23.8. The van der Waals surface area contributed by atoms with Crippen molar-refractivity contribution in [2.45, 2.75) is 114 Å². The minimum Gasteiger partial charge on any atom is -0.478 e. The second kappa shape index (κ2) is 10.3. The van der Waals surface area contributed by atoms with Crippen LogP contribution in [0.4, 0.5) is 0 Å². The zero-order chi connectivity index (χ0) is 23.5. The van der Waals surface area contributed by atoms with Crippen LogP contribution in [0.1, 0.15) is 162 Å². The summed E-state index contributed by atoms with van der Waals surface area (Å²) in [6, 6.07) is 0. The Balaban J connectivity index is 2.10. The Morgan fingerprint density at radius 1 is 0.515 bits per heavy atom.